The van der Waals surface area contributed by atoms with E-state index in [4.69, 9.17) is 9.47 Å². The first-order valence-electron chi connectivity index (χ1n) is 7.47. The first kappa shape index (κ1) is 15.5. The van der Waals surface area contributed by atoms with Gasteiger partial charge in [-0.15, -0.1) is 11.3 Å². The van der Waals surface area contributed by atoms with Crippen molar-refractivity contribution in [1.82, 2.24) is 4.98 Å². The Kier molecular flexibility index (Phi) is 4.88. The zero-order valence-electron chi connectivity index (χ0n) is 12.8. The van der Waals surface area contributed by atoms with Gasteiger partial charge in [0, 0.05) is 0 Å². The van der Waals surface area contributed by atoms with Crippen molar-refractivity contribution in [2.75, 3.05) is 6.61 Å². The van der Waals surface area contributed by atoms with Gasteiger partial charge in [0.15, 0.2) is 6.61 Å². The van der Waals surface area contributed by atoms with Crippen LogP contribution in [0.3, 0.4) is 0 Å². The van der Waals surface area contributed by atoms with Crippen LogP contribution in [-0.2, 0) is 22.6 Å². The Morgan fingerprint density at radius 1 is 1.13 bits per heavy atom. The lowest BCUT2D eigenvalue weighted by atomic mass is 10.1. The molecule has 3 rings (SSSR count). The van der Waals surface area contributed by atoms with Crippen molar-refractivity contribution in [3.05, 3.63) is 59.1 Å². The minimum Gasteiger partial charge on any atom is -0.482 e. The highest BCUT2D eigenvalue weighted by molar-refractivity contribution is 7.18. The molecular formula is C18H17NO3S. The van der Waals surface area contributed by atoms with E-state index in [1.54, 1.807) is 0 Å². The minimum absolute atomic E-state index is 0.0953. The van der Waals surface area contributed by atoms with Gasteiger partial charge in [0.1, 0.15) is 17.4 Å². The largest absolute Gasteiger partial charge is 0.482 e. The van der Waals surface area contributed by atoms with Crippen LogP contribution in [0.1, 0.15) is 17.5 Å². The summed E-state index contributed by atoms with van der Waals surface area (Å²) in [5, 5.41) is 0.786. The molecule has 0 radical (unpaired) electrons. The van der Waals surface area contributed by atoms with Crippen LogP contribution in [-0.4, -0.2) is 17.6 Å². The predicted molar refractivity (Wildman–Crippen MR) is 90.7 cm³/mol. The number of hydrogen-bond acceptors (Lipinski definition) is 5. The van der Waals surface area contributed by atoms with Crippen molar-refractivity contribution >= 4 is 27.5 Å². The third kappa shape index (κ3) is 3.87. The lowest BCUT2D eigenvalue weighted by Crippen LogP contribution is -2.15. The molecule has 4 nitrogen and oxygen atoms in total. The van der Waals surface area contributed by atoms with Crippen LogP contribution < -0.4 is 4.74 Å². The van der Waals surface area contributed by atoms with Crippen molar-refractivity contribution in [1.29, 1.82) is 0 Å². The number of esters is 1. The smallest absolute Gasteiger partial charge is 0.344 e. The molecule has 0 amide bonds. The molecule has 5 heteroatoms. The summed E-state index contributed by atoms with van der Waals surface area (Å²) in [5.74, 6) is 0.335. The number of benzene rings is 2. The van der Waals surface area contributed by atoms with E-state index >= 15 is 0 Å². The molecule has 1 aromatic heterocycles. The lowest BCUT2D eigenvalue weighted by molar-refractivity contribution is -0.147. The average Bonchev–Trinajstić information content (AvgIpc) is 3.01. The summed E-state index contributed by atoms with van der Waals surface area (Å²) < 4.78 is 11.9. The number of ether oxygens (including phenoxy) is 2. The van der Waals surface area contributed by atoms with Crippen LogP contribution in [0, 0.1) is 0 Å². The van der Waals surface area contributed by atoms with Crippen molar-refractivity contribution in [3.8, 4) is 5.75 Å². The monoisotopic (exact) mass is 327 g/mol. The van der Waals surface area contributed by atoms with Crippen molar-refractivity contribution in [2.45, 2.75) is 20.0 Å². The van der Waals surface area contributed by atoms with Crippen LogP contribution in [0.2, 0.25) is 0 Å². The van der Waals surface area contributed by atoms with Crippen LogP contribution in [0.25, 0.3) is 10.2 Å². The summed E-state index contributed by atoms with van der Waals surface area (Å²) in [7, 11) is 0. The highest BCUT2D eigenvalue weighted by atomic mass is 32.1. The van der Waals surface area contributed by atoms with Gasteiger partial charge in [-0.25, -0.2) is 9.78 Å². The quantitative estimate of drug-likeness (QED) is 0.643. The molecule has 0 aliphatic heterocycles. The second-order valence-corrected chi connectivity index (χ2v) is 6.10. The Labute approximate surface area is 138 Å². The van der Waals surface area contributed by atoms with E-state index in [2.05, 4.69) is 4.98 Å². The van der Waals surface area contributed by atoms with E-state index < -0.39 is 5.97 Å². The molecule has 0 N–H and O–H groups in total. The number of carbonyl (C=O) groups excluding carboxylic acids is 1. The van der Waals surface area contributed by atoms with Crippen LogP contribution >= 0.6 is 11.3 Å². The van der Waals surface area contributed by atoms with Gasteiger partial charge in [-0.1, -0.05) is 37.3 Å². The molecule has 0 aliphatic carbocycles. The van der Waals surface area contributed by atoms with E-state index in [0.717, 1.165) is 33.0 Å². The molecule has 0 atom stereocenters. The number of para-hydroxylation sites is 2. The van der Waals surface area contributed by atoms with Crippen molar-refractivity contribution in [2.24, 2.45) is 0 Å². The molecule has 0 fully saturated rings. The fourth-order valence-corrected chi connectivity index (χ4v) is 3.12. The van der Waals surface area contributed by atoms with E-state index in [9.17, 15) is 4.79 Å². The molecule has 0 aliphatic rings. The Balaban J connectivity index is 1.53. The lowest BCUT2D eigenvalue weighted by Gasteiger charge is -2.09. The fourth-order valence-electron chi connectivity index (χ4n) is 2.24. The minimum atomic E-state index is -0.393. The van der Waals surface area contributed by atoms with Gasteiger partial charge in [-0.2, -0.15) is 0 Å². The summed E-state index contributed by atoms with van der Waals surface area (Å²) in [6.07, 6.45) is 0.858. The predicted octanol–water partition coefficient (Wildman–Crippen LogP) is 3.98. The second kappa shape index (κ2) is 7.24. The molecule has 2 aromatic carbocycles. The fraction of sp³-hybridized carbons (Fsp3) is 0.222. The van der Waals surface area contributed by atoms with Crippen LogP contribution in [0.4, 0.5) is 0 Å². The Morgan fingerprint density at radius 3 is 2.74 bits per heavy atom. The van der Waals surface area contributed by atoms with Crippen LogP contribution in [0.5, 0.6) is 5.75 Å². The number of aromatic nitrogens is 1. The van der Waals surface area contributed by atoms with Crippen molar-refractivity contribution in [3.63, 3.8) is 0 Å². The van der Waals surface area contributed by atoms with Gasteiger partial charge in [0.05, 0.1) is 10.2 Å². The number of thiazole rings is 1. The Morgan fingerprint density at radius 2 is 1.91 bits per heavy atom. The van der Waals surface area contributed by atoms with Gasteiger partial charge in [0.2, 0.25) is 0 Å². The maximum absolute atomic E-state index is 11.8. The van der Waals surface area contributed by atoms with Crippen molar-refractivity contribution < 1.29 is 14.3 Å². The van der Waals surface area contributed by atoms with E-state index in [0.29, 0.717) is 0 Å². The van der Waals surface area contributed by atoms with Gasteiger partial charge >= 0.3 is 5.97 Å². The van der Waals surface area contributed by atoms with E-state index in [-0.39, 0.29) is 13.2 Å². The first-order chi connectivity index (χ1) is 11.3. The third-order valence-electron chi connectivity index (χ3n) is 3.39. The number of rotatable bonds is 6. The van der Waals surface area contributed by atoms with Crippen LogP contribution in [0.15, 0.2) is 48.5 Å². The summed E-state index contributed by atoms with van der Waals surface area (Å²) in [6.45, 7) is 2.13. The molecule has 1 heterocycles. The molecule has 0 unspecified atom stereocenters. The highest BCUT2D eigenvalue weighted by Gasteiger charge is 2.09. The number of fused-ring (bicyclic) bond motifs is 1. The average molecular weight is 327 g/mol. The zero-order chi connectivity index (χ0) is 16.1. The number of nitrogens with zero attached hydrogens (tertiary/aromatic N) is 1. The Bertz CT molecular complexity index is 780. The normalized spacial score (nSPS) is 10.7. The first-order valence-corrected chi connectivity index (χ1v) is 8.28. The van der Waals surface area contributed by atoms with Gasteiger partial charge < -0.3 is 9.47 Å². The zero-order valence-corrected chi connectivity index (χ0v) is 13.6. The molecule has 0 bridgehead atoms. The summed E-state index contributed by atoms with van der Waals surface area (Å²) in [4.78, 5) is 16.3. The van der Waals surface area contributed by atoms with E-state index in [1.807, 2.05) is 55.5 Å². The number of hydrogen-bond donors (Lipinski definition) is 0. The second-order valence-electron chi connectivity index (χ2n) is 4.99. The molecule has 118 valence electrons. The molecule has 23 heavy (non-hydrogen) atoms. The van der Waals surface area contributed by atoms with E-state index in [1.165, 1.54) is 11.3 Å². The topological polar surface area (TPSA) is 48.4 Å². The number of aryl methyl sites for hydroxylation is 1. The maximum atomic E-state index is 11.8. The summed E-state index contributed by atoms with van der Waals surface area (Å²) in [6, 6.07) is 15.6. The Hall–Kier alpha value is -2.40. The third-order valence-corrected chi connectivity index (χ3v) is 4.40. The molecular weight excluding hydrogens is 310 g/mol. The number of carbonyl (C=O) groups is 1. The molecule has 0 saturated carbocycles. The standard InChI is InChI=1S/C18H17NO3S/c1-2-13-7-3-5-9-15(13)21-12-18(20)22-11-17-19-14-8-4-6-10-16(14)23-17/h3-10H,2,11-12H2,1H3. The SMILES string of the molecule is CCc1ccccc1OCC(=O)OCc1nc2ccccc2s1. The highest BCUT2D eigenvalue weighted by Crippen LogP contribution is 2.22. The molecule has 3 aromatic rings. The molecule has 0 spiro atoms. The van der Waals surface area contributed by atoms with Gasteiger partial charge in [-0.05, 0) is 30.2 Å². The summed E-state index contributed by atoms with van der Waals surface area (Å²) >= 11 is 1.53. The van der Waals surface area contributed by atoms with Gasteiger partial charge in [-0.3, -0.25) is 0 Å². The summed E-state index contributed by atoms with van der Waals surface area (Å²) in [5.41, 5.74) is 2.00. The molecule has 0 saturated heterocycles. The van der Waals surface area contributed by atoms with Gasteiger partial charge in [0.25, 0.3) is 0 Å². The maximum Gasteiger partial charge on any atom is 0.344 e.